The Kier molecular flexibility index (Phi) is 8.02. The molecule has 1 saturated heterocycles. The summed E-state index contributed by atoms with van der Waals surface area (Å²) >= 11 is 4.87. The lowest BCUT2D eigenvalue weighted by molar-refractivity contribution is 0.0695. The topological polar surface area (TPSA) is 41.6 Å². The maximum atomic E-state index is 12.4. The van der Waals surface area contributed by atoms with E-state index >= 15 is 0 Å². The number of amides is 1. The Hall–Kier alpha value is -0.300. The van der Waals surface area contributed by atoms with Crippen molar-refractivity contribution in [2.75, 3.05) is 33.3 Å². The standard InChI is InChI=1S/C14H21BrN2O2S.ClH/c1-3-16-9-10-4-6-17(7-5-10)14(18)12-8-11(19-2)13(15)20-12;/h8,10,16H,3-7,9H2,1-2H3;1H. The van der Waals surface area contributed by atoms with Gasteiger partial charge in [-0.1, -0.05) is 6.92 Å². The van der Waals surface area contributed by atoms with Crippen molar-refractivity contribution >= 4 is 45.6 Å². The quantitative estimate of drug-likeness (QED) is 0.828. The molecule has 0 saturated carbocycles. The van der Waals surface area contributed by atoms with Crippen molar-refractivity contribution < 1.29 is 9.53 Å². The number of ether oxygens (including phenoxy) is 1. The summed E-state index contributed by atoms with van der Waals surface area (Å²) in [5.74, 6) is 1.56. The van der Waals surface area contributed by atoms with E-state index in [4.69, 9.17) is 4.74 Å². The molecule has 1 N–H and O–H groups in total. The van der Waals surface area contributed by atoms with E-state index in [0.29, 0.717) is 5.92 Å². The third-order valence-corrected chi connectivity index (χ3v) is 5.44. The van der Waals surface area contributed by atoms with E-state index in [1.165, 1.54) is 11.3 Å². The molecular formula is C14H22BrClN2O2S. The zero-order chi connectivity index (χ0) is 14.5. The summed E-state index contributed by atoms with van der Waals surface area (Å²) in [6, 6.07) is 1.82. The average molecular weight is 398 g/mol. The maximum absolute atomic E-state index is 12.4. The first-order valence-electron chi connectivity index (χ1n) is 6.99. The van der Waals surface area contributed by atoms with Gasteiger partial charge in [-0.05, 0) is 47.8 Å². The first kappa shape index (κ1) is 18.7. The van der Waals surface area contributed by atoms with Gasteiger partial charge in [0.15, 0.2) is 0 Å². The molecule has 0 unspecified atom stereocenters. The average Bonchev–Trinajstić information content (AvgIpc) is 2.86. The van der Waals surface area contributed by atoms with Crippen LogP contribution < -0.4 is 10.1 Å². The highest BCUT2D eigenvalue weighted by atomic mass is 79.9. The highest BCUT2D eigenvalue weighted by Gasteiger charge is 2.25. The molecule has 1 aliphatic rings. The van der Waals surface area contributed by atoms with E-state index in [1.54, 1.807) is 7.11 Å². The third-order valence-electron chi connectivity index (χ3n) is 3.67. The van der Waals surface area contributed by atoms with Gasteiger partial charge in [-0.2, -0.15) is 0 Å². The Labute approximate surface area is 144 Å². The van der Waals surface area contributed by atoms with Crippen LogP contribution >= 0.6 is 39.7 Å². The summed E-state index contributed by atoms with van der Waals surface area (Å²) in [5, 5.41) is 3.39. The molecule has 1 amide bonds. The van der Waals surface area contributed by atoms with Crippen LogP contribution in [-0.2, 0) is 0 Å². The molecule has 0 aromatic carbocycles. The molecule has 1 aromatic rings. The van der Waals surface area contributed by atoms with Crippen LogP contribution in [0.25, 0.3) is 0 Å². The summed E-state index contributed by atoms with van der Waals surface area (Å²) < 4.78 is 6.09. The molecular weight excluding hydrogens is 376 g/mol. The fourth-order valence-corrected chi connectivity index (χ4v) is 4.06. The van der Waals surface area contributed by atoms with E-state index in [-0.39, 0.29) is 18.3 Å². The third kappa shape index (κ3) is 4.84. The summed E-state index contributed by atoms with van der Waals surface area (Å²) in [5.41, 5.74) is 0. The zero-order valence-electron chi connectivity index (χ0n) is 12.4. The van der Waals surface area contributed by atoms with Crippen LogP contribution in [0.1, 0.15) is 29.4 Å². The van der Waals surface area contributed by atoms with E-state index in [2.05, 4.69) is 28.2 Å². The number of halogens is 2. The number of thiophene rings is 1. The van der Waals surface area contributed by atoms with Gasteiger partial charge < -0.3 is 15.0 Å². The van der Waals surface area contributed by atoms with Crippen molar-refractivity contribution in [3.63, 3.8) is 0 Å². The molecule has 4 nitrogen and oxygen atoms in total. The van der Waals surface area contributed by atoms with Crippen LogP contribution in [0.3, 0.4) is 0 Å². The Morgan fingerprint density at radius 3 is 2.71 bits per heavy atom. The van der Waals surface area contributed by atoms with E-state index < -0.39 is 0 Å². The lowest BCUT2D eigenvalue weighted by Crippen LogP contribution is -2.40. The molecule has 0 aliphatic carbocycles. The molecule has 1 fully saturated rings. The van der Waals surface area contributed by atoms with Gasteiger partial charge >= 0.3 is 0 Å². The second-order valence-electron chi connectivity index (χ2n) is 5.00. The Morgan fingerprint density at radius 2 is 2.19 bits per heavy atom. The zero-order valence-corrected chi connectivity index (χ0v) is 15.6. The minimum atomic E-state index is 0. The van der Waals surface area contributed by atoms with Crippen molar-refractivity contribution in [1.82, 2.24) is 10.2 Å². The Balaban J connectivity index is 0.00000220. The number of piperidine rings is 1. The SMILES string of the molecule is CCNCC1CCN(C(=O)c2cc(OC)c(Br)s2)CC1.Cl. The largest absolute Gasteiger partial charge is 0.495 e. The van der Waals surface area contributed by atoms with Crippen molar-refractivity contribution in [2.45, 2.75) is 19.8 Å². The fourth-order valence-electron chi connectivity index (χ4n) is 2.44. The number of hydrogen-bond acceptors (Lipinski definition) is 4. The second kappa shape index (κ2) is 8.98. The van der Waals surface area contributed by atoms with Gasteiger partial charge in [0.25, 0.3) is 5.91 Å². The number of nitrogens with one attached hydrogen (secondary N) is 1. The van der Waals surface area contributed by atoms with Crippen LogP contribution in [-0.4, -0.2) is 44.1 Å². The molecule has 0 atom stereocenters. The Bertz CT molecular complexity index is 462. The molecule has 0 radical (unpaired) electrons. The van der Waals surface area contributed by atoms with Gasteiger partial charge in [0.2, 0.25) is 0 Å². The first-order valence-corrected chi connectivity index (χ1v) is 8.60. The van der Waals surface area contributed by atoms with Crippen LogP contribution in [0, 0.1) is 5.92 Å². The van der Waals surface area contributed by atoms with E-state index in [0.717, 1.165) is 53.4 Å². The van der Waals surface area contributed by atoms with Gasteiger partial charge in [-0.25, -0.2) is 0 Å². The van der Waals surface area contributed by atoms with Crippen LogP contribution in [0.2, 0.25) is 0 Å². The highest BCUT2D eigenvalue weighted by molar-refractivity contribution is 9.11. The van der Waals surface area contributed by atoms with Crippen LogP contribution in [0.15, 0.2) is 9.85 Å². The normalized spacial score (nSPS) is 15.7. The molecule has 7 heteroatoms. The molecule has 0 bridgehead atoms. The van der Waals surface area contributed by atoms with Gasteiger partial charge in [-0.3, -0.25) is 4.79 Å². The molecule has 2 heterocycles. The van der Waals surface area contributed by atoms with Crippen molar-refractivity contribution in [3.8, 4) is 5.75 Å². The predicted molar refractivity (Wildman–Crippen MR) is 93.0 cm³/mol. The monoisotopic (exact) mass is 396 g/mol. The number of rotatable bonds is 5. The minimum Gasteiger partial charge on any atom is -0.495 e. The smallest absolute Gasteiger partial charge is 0.264 e. The number of likely N-dealkylation sites (tertiary alicyclic amines) is 1. The van der Waals surface area contributed by atoms with E-state index in [1.807, 2.05) is 11.0 Å². The number of methoxy groups -OCH3 is 1. The number of nitrogens with zero attached hydrogens (tertiary/aromatic N) is 1. The molecule has 2 rings (SSSR count). The predicted octanol–water partition coefficient (Wildman–Crippen LogP) is 3.40. The van der Waals surface area contributed by atoms with Crippen molar-refractivity contribution in [1.29, 1.82) is 0 Å². The summed E-state index contributed by atoms with van der Waals surface area (Å²) in [4.78, 5) is 15.2. The van der Waals surface area contributed by atoms with Crippen molar-refractivity contribution in [2.24, 2.45) is 5.92 Å². The van der Waals surface area contributed by atoms with Gasteiger partial charge in [0, 0.05) is 19.2 Å². The summed E-state index contributed by atoms with van der Waals surface area (Å²) in [7, 11) is 1.62. The lowest BCUT2D eigenvalue weighted by atomic mass is 9.96. The van der Waals surface area contributed by atoms with Crippen molar-refractivity contribution in [3.05, 3.63) is 14.7 Å². The number of carbonyl (C=O) groups is 1. The molecule has 1 aliphatic heterocycles. The lowest BCUT2D eigenvalue weighted by Gasteiger charge is -2.31. The summed E-state index contributed by atoms with van der Waals surface area (Å²) in [6.45, 7) is 5.92. The highest BCUT2D eigenvalue weighted by Crippen LogP contribution is 2.35. The summed E-state index contributed by atoms with van der Waals surface area (Å²) in [6.07, 6.45) is 2.17. The molecule has 21 heavy (non-hydrogen) atoms. The molecule has 0 spiro atoms. The number of carbonyl (C=O) groups excluding carboxylic acids is 1. The van der Waals surface area contributed by atoms with E-state index in [9.17, 15) is 4.79 Å². The maximum Gasteiger partial charge on any atom is 0.264 e. The van der Waals surface area contributed by atoms with Gasteiger partial charge in [0.05, 0.1) is 12.0 Å². The Morgan fingerprint density at radius 1 is 1.52 bits per heavy atom. The molecule has 120 valence electrons. The molecule has 1 aromatic heterocycles. The fraction of sp³-hybridized carbons (Fsp3) is 0.643. The second-order valence-corrected chi connectivity index (χ2v) is 7.37. The van der Waals surface area contributed by atoms with Crippen LogP contribution in [0.5, 0.6) is 5.75 Å². The first-order chi connectivity index (χ1) is 9.65. The van der Waals surface area contributed by atoms with Gasteiger partial charge in [-0.15, -0.1) is 23.7 Å². The minimum absolute atomic E-state index is 0. The van der Waals surface area contributed by atoms with Gasteiger partial charge in [0.1, 0.15) is 9.54 Å². The number of hydrogen-bond donors (Lipinski definition) is 1. The van der Waals surface area contributed by atoms with Crippen LogP contribution in [0.4, 0.5) is 0 Å².